The Morgan fingerprint density at radius 2 is 1.25 bits per heavy atom. The Balaban J connectivity index is 1.31. The molecule has 0 saturated carbocycles. The highest BCUT2D eigenvalue weighted by Crippen LogP contribution is 2.35. The minimum atomic E-state index is -0.313. The Kier molecular flexibility index (Phi) is 8.94. The van der Waals surface area contributed by atoms with Crippen LogP contribution in [0.15, 0.2) is 111 Å². The van der Waals surface area contributed by atoms with Crippen LogP contribution in [-0.4, -0.2) is 21.2 Å². The van der Waals surface area contributed by atoms with Crippen molar-refractivity contribution in [1.29, 1.82) is 0 Å². The van der Waals surface area contributed by atoms with Crippen molar-refractivity contribution in [3.8, 4) is 5.75 Å². The summed E-state index contributed by atoms with van der Waals surface area (Å²) < 4.78 is 21.2. The minimum Gasteiger partial charge on any atom is -0.486 e. The lowest BCUT2D eigenvalue weighted by molar-refractivity contribution is 0.296. The third kappa shape index (κ3) is 7.39. The van der Waals surface area contributed by atoms with Gasteiger partial charge in [0, 0.05) is 16.9 Å². The van der Waals surface area contributed by atoms with Crippen LogP contribution in [0, 0.1) is 5.82 Å². The average molecular weight is 663 g/mol. The fraction of sp³-hybridized carbons (Fsp3) is 0.0345. The SMILES string of the molecule is Fc1ccccc1COc1c(Br)cc(/C=N/Nc2nc(Nc3ccccc3)nc(Nc3ccccc3)n2)cc1Br. The van der Waals surface area contributed by atoms with Crippen LogP contribution in [0.2, 0.25) is 0 Å². The molecule has 0 radical (unpaired) electrons. The molecule has 1 aromatic heterocycles. The molecule has 3 N–H and O–H groups in total. The molecule has 0 spiro atoms. The fourth-order valence-corrected chi connectivity index (χ4v) is 5.01. The summed E-state index contributed by atoms with van der Waals surface area (Å²) in [5.74, 6) is 1.18. The van der Waals surface area contributed by atoms with E-state index in [2.05, 4.69) is 68.0 Å². The van der Waals surface area contributed by atoms with Gasteiger partial charge in [-0.1, -0.05) is 54.6 Å². The lowest BCUT2D eigenvalue weighted by Crippen LogP contribution is -2.07. The third-order valence-corrected chi connectivity index (χ3v) is 6.60. The second-order valence-electron chi connectivity index (χ2n) is 8.35. The van der Waals surface area contributed by atoms with Crippen molar-refractivity contribution >= 4 is 67.3 Å². The van der Waals surface area contributed by atoms with Crippen molar-refractivity contribution in [3.63, 3.8) is 0 Å². The van der Waals surface area contributed by atoms with Gasteiger partial charge in [-0.05, 0) is 79.9 Å². The predicted octanol–water partition coefficient (Wildman–Crippen LogP) is 8.05. The number of ether oxygens (including phenoxy) is 1. The maximum absolute atomic E-state index is 14.0. The van der Waals surface area contributed by atoms with Crippen LogP contribution >= 0.6 is 31.9 Å². The molecule has 5 rings (SSSR count). The molecule has 0 aliphatic carbocycles. The van der Waals surface area contributed by atoms with Gasteiger partial charge < -0.3 is 15.4 Å². The predicted molar refractivity (Wildman–Crippen MR) is 163 cm³/mol. The van der Waals surface area contributed by atoms with E-state index < -0.39 is 0 Å². The molecule has 8 nitrogen and oxygen atoms in total. The van der Waals surface area contributed by atoms with E-state index in [9.17, 15) is 4.39 Å². The van der Waals surface area contributed by atoms with Gasteiger partial charge in [-0.25, -0.2) is 9.82 Å². The highest BCUT2D eigenvalue weighted by molar-refractivity contribution is 9.11. The zero-order valence-electron chi connectivity index (χ0n) is 20.9. The Bertz CT molecular complexity index is 1540. The summed E-state index contributed by atoms with van der Waals surface area (Å²) in [6.07, 6.45) is 1.62. The van der Waals surface area contributed by atoms with Gasteiger partial charge in [-0.3, -0.25) is 0 Å². The van der Waals surface area contributed by atoms with Crippen LogP contribution in [0.25, 0.3) is 0 Å². The molecule has 0 aliphatic rings. The van der Waals surface area contributed by atoms with Crippen molar-refractivity contribution < 1.29 is 9.13 Å². The molecule has 200 valence electrons. The van der Waals surface area contributed by atoms with Gasteiger partial charge in [0.25, 0.3) is 0 Å². The number of hydrogen-bond acceptors (Lipinski definition) is 8. The summed E-state index contributed by atoms with van der Waals surface area (Å²) in [7, 11) is 0. The van der Waals surface area contributed by atoms with E-state index in [1.165, 1.54) is 6.07 Å². The van der Waals surface area contributed by atoms with Crippen LogP contribution in [0.3, 0.4) is 0 Å². The van der Waals surface area contributed by atoms with Crippen molar-refractivity contribution in [1.82, 2.24) is 15.0 Å². The quantitative estimate of drug-likeness (QED) is 0.103. The van der Waals surface area contributed by atoms with E-state index in [1.54, 1.807) is 24.4 Å². The third-order valence-electron chi connectivity index (χ3n) is 5.42. The molecule has 0 amide bonds. The number of anilines is 5. The van der Waals surface area contributed by atoms with E-state index in [1.807, 2.05) is 72.8 Å². The van der Waals surface area contributed by atoms with Gasteiger partial charge in [0.05, 0.1) is 15.2 Å². The number of halogens is 3. The first kappa shape index (κ1) is 27.2. The van der Waals surface area contributed by atoms with Crippen LogP contribution in [0.1, 0.15) is 11.1 Å². The van der Waals surface area contributed by atoms with E-state index in [0.717, 1.165) is 16.9 Å². The van der Waals surface area contributed by atoms with Crippen LogP contribution in [-0.2, 0) is 6.61 Å². The summed E-state index contributed by atoms with van der Waals surface area (Å²) in [6, 6.07) is 29.4. The molecular weight excluding hydrogens is 641 g/mol. The number of nitrogens with zero attached hydrogens (tertiary/aromatic N) is 4. The number of para-hydroxylation sites is 2. The first-order valence-electron chi connectivity index (χ1n) is 12.1. The van der Waals surface area contributed by atoms with Gasteiger partial charge in [0.1, 0.15) is 18.2 Å². The Morgan fingerprint density at radius 3 is 1.82 bits per heavy atom. The first-order chi connectivity index (χ1) is 19.5. The second kappa shape index (κ2) is 13.1. The van der Waals surface area contributed by atoms with Gasteiger partial charge in [-0.15, -0.1) is 0 Å². The molecule has 40 heavy (non-hydrogen) atoms. The maximum Gasteiger partial charge on any atom is 0.250 e. The van der Waals surface area contributed by atoms with Gasteiger partial charge in [-0.2, -0.15) is 20.1 Å². The average Bonchev–Trinajstić information content (AvgIpc) is 2.94. The lowest BCUT2D eigenvalue weighted by Gasteiger charge is -2.12. The number of hydrazone groups is 1. The van der Waals surface area contributed by atoms with Crippen molar-refractivity contribution in [2.45, 2.75) is 6.61 Å². The molecular formula is C29H22Br2FN7O. The molecule has 11 heteroatoms. The number of nitrogens with one attached hydrogen (secondary N) is 3. The summed E-state index contributed by atoms with van der Waals surface area (Å²) >= 11 is 7.06. The molecule has 1 heterocycles. The lowest BCUT2D eigenvalue weighted by atomic mass is 10.2. The number of hydrogen-bond donors (Lipinski definition) is 3. The summed E-state index contributed by atoms with van der Waals surface area (Å²) in [5, 5.41) is 10.7. The second-order valence-corrected chi connectivity index (χ2v) is 10.1. The van der Waals surface area contributed by atoms with E-state index in [-0.39, 0.29) is 18.4 Å². The van der Waals surface area contributed by atoms with Crippen molar-refractivity contribution in [3.05, 3.63) is 123 Å². The summed E-state index contributed by atoms with van der Waals surface area (Å²) in [5.41, 5.74) is 5.78. The Morgan fingerprint density at radius 1 is 0.725 bits per heavy atom. The molecule has 4 aromatic carbocycles. The smallest absolute Gasteiger partial charge is 0.250 e. The Hall–Kier alpha value is -4.35. The van der Waals surface area contributed by atoms with Crippen molar-refractivity contribution in [2.75, 3.05) is 16.1 Å². The highest BCUT2D eigenvalue weighted by Gasteiger charge is 2.11. The first-order valence-corrected chi connectivity index (χ1v) is 13.7. The molecule has 0 unspecified atom stereocenters. The maximum atomic E-state index is 14.0. The topological polar surface area (TPSA) is 96.4 Å². The number of aromatic nitrogens is 3. The van der Waals surface area contributed by atoms with E-state index in [4.69, 9.17) is 4.74 Å². The number of benzene rings is 4. The van der Waals surface area contributed by atoms with Crippen LogP contribution in [0.4, 0.5) is 33.6 Å². The van der Waals surface area contributed by atoms with Gasteiger partial charge in [0.15, 0.2) is 0 Å². The standard InChI is InChI=1S/C29H22Br2FN7O/c30-23-15-19(16-24(31)26(23)40-18-20-9-7-8-14-25(20)32)17-33-39-29-37-27(34-21-10-3-1-4-11-21)36-28(38-29)35-22-12-5-2-6-13-22/h1-17H,18H2,(H3,34,35,36,37,38,39)/b33-17+. The van der Waals surface area contributed by atoms with Crippen LogP contribution in [0.5, 0.6) is 5.75 Å². The van der Waals surface area contributed by atoms with Crippen molar-refractivity contribution in [2.24, 2.45) is 5.10 Å². The van der Waals surface area contributed by atoms with Gasteiger partial charge in [0.2, 0.25) is 17.8 Å². The normalized spacial score (nSPS) is 10.9. The highest BCUT2D eigenvalue weighted by atomic mass is 79.9. The molecule has 0 bridgehead atoms. The molecule has 0 atom stereocenters. The van der Waals surface area contributed by atoms with Crippen LogP contribution < -0.4 is 20.8 Å². The Labute approximate surface area is 247 Å². The largest absolute Gasteiger partial charge is 0.486 e. The molecule has 5 aromatic rings. The molecule has 0 aliphatic heterocycles. The zero-order valence-corrected chi connectivity index (χ0v) is 24.0. The minimum absolute atomic E-state index is 0.0942. The van der Waals surface area contributed by atoms with E-state index >= 15 is 0 Å². The summed E-state index contributed by atoms with van der Waals surface area (Å²) in [4.78, 5) is 13.4. The molecule has 0 saturated heterocycles. The summed E-state index contributed by atoms with van der Waals surface area (Å²) in [6.45, 7) is 0.0942. The fourth-order valence-electron chi connectivity index (χ4n) is 3.56. The molecule has 0 fully saturated rings. The number of rotatable bonds is 10. The van der Waals surface area contributed by atoms with Gasteiger partial charge >= 0.3 is 0 Å². The monoisotopic (exact) mass is 661 g/mol. The van der Waals surface area contributed by atoms with E-state index in [0.29, 0.717) is 32.2 Å². The zero-order chi connectivity index (χ0) is 27.7.